The Hall–Kier alpha value is -1.52. The molecule has 3 aliphatic heterocycles. The number of benzene rings is 1. The van der Waals surface area contributed by atoms with Gasteiger partial charge in [-0.25, -0.2) is 0 Å². The van der Waals surface area contributed by atoms with Crippen molar-refractivity contribution in [3.63, 3.8) is 0 Å². The van der Waals surface area contributed by atoms with Crippen molar-refractivity contribution in [3.05, 3.63) is 28.2 Å². The smallest absolute Gasteiger partial charge is 0.256 e. The summed E-state index contributed by atoms with van der Waals surface area (Å²) in [5.41, 5.74) is -0.373. The molecular formula is C17H19BrN2O6. The van der Waals surface area contributed by atoms with Gasteiger partial charge in [0.25, 0.3) is 5.91 Å². The molecule has 4 rings (SSSR count). The Morgan fingerprint density at radius 2 is 2.08 bits per heavy atom. The van der Waals surface area contributed by atoms with Crippen molar-refractivity contribution < 1.29 is 29.6 Å². The third kappa shape index (κ3) is 2.35. The number of hydrogen-bond donors (Lipinski definition) is 3. The first-order valence-corrected chi connectivity index (χ1v) is 9.11. The number of fused-ring (bicyclic) bond motifs is 2. The molecule has 1 aromatic carbocycles. The van der Waals surface area contributed by atoms with Gasteiger partial charge in [-0.2, -0.15) is 0 Å². The fourth-order valence-corrected chi connectivity index (χ4v) is 4.56. The molecule has 140 valence electrons. The molecule has 26 heavy (non-hydrogen) atoms. The molecule has 2 fully saturated rings. The van der Waals surface area contributed by atoms with Crippen LogP contribution in [0.15, 0.2) is 22.7 Å². The quantitative estimate of drug-likeness (QED) is 0.557. The first-order valence-electron chi connectivity index (χ1n) is 8.32. The Balaban J connectivity index is 1.76. The zero-order valence-electron chi connectivity index (χ0n) is 14.0. The number of hydrogen-bond acceptors (Lipinski definition) is 6. The number of nitrogens with zero attached hydrogens (tertiary/aromatic N) is 2. The Morgan fingerprint density at radius 3 is 2.73 bits per heavy atom. The highest BCUT2D eigenvalue weighted by Gasteiger charge is 2.62. The van der Waals surface area contributed by atoms with Crippen LogP contribution in [0.4, 0.5) is 5.69 Å². The normalized spacial score (nSPS) is 36.5. The molecular weight excluding hydrogens is 408 g/mol. The predicted octanol–water partition coefficient (Wildman–Crippen LogP) is -0.508. The van der Waals surface area contributed by atoms with Crippen LogP contribution in [0, 0.1) is 0 Å². The van der Waals surface area contributed by atoms with Gasteiger partial charge in [-0.15, -0.1) is 0 Å². The van der Waals surface area contributed by atoms with Crippen LogP contribution in [0.3, 0.4) is 0 Å². The number of ether oxygens (including phenoxy) is 1. The minimum absolute atomic E-state index is 0.0310. The van der Waals surface area contributed by atoms with Crippen LogP contribution in [-0.4, -0.2) is 82.2 Å². The SMILES string of the molecule is CN1C(=O)[C@@H]2C[C@]3(CN2C(=O)c2cc(Br)ccc21)O[C@@H](CO)[C@H](O)[C@H]3O. The van der Waals surface area contributed by atoms with Crippen LogP contribution in [0.2, 0.25) is 0 Å². The summed E-state index contributed by atoms with van der Waals surface area (Å²) >= 11 is 3.35. The number of carbonyl (C=O) groups excluding carboxylic acids is 2. The maximum absolute atomic E-state index is 13.1. The first kappa shape index (κ1) is 17.9. The molecule has 8 nitrogen and oxygen atoms in total. The summed E-state index contributed by atoms with van der Waals surface area (Å²) in [6, 6.07) is 4.32. The molecule has 1 aromatic rings. The molecule has 3 heterocycles. The molecule has 2 saturated heterocycles. The zero-order chi connectivity index (χ0) is 18.8. The van der Waals surface area contributed by atoms with Crippen molar-refractivity contribution in [1.82, 2.24) is 4.90 Å². The van der Waals surface area contributed by atoms with E-state index in [1.807, 2.05) is 0 Å². The number of likely N-dealkylation sites (N-methyl/N-ethyl adjacent to an activating group) is 1. The van der Waals surface area contributed by atoms with E-state index < -0.39 is 36.6 Å². The van der Waals surface area contributed by atoms with Gasteiger partial charge in [0.1, 0.15) is 30.0 Å². The summed E-state index contributed by atoms with van der Waals surface area (Å²) in [5, 5.41) is 29.9. The molecule has 1 spiro atoms. The highest BCUT2D eigenvalue weighted by atomic mass is 79.9. The van der Waals surface area contributed by atoms with Crippen molar-refractivity contribution in [2.75, 3.05) is 25.1 Å². The second kappa shape index (κ2) is 6.00. The number of aliphatic hydroxyl groups is 3. The average molecular weight is 427 g/mol. The Bertz CT molecular complexity index is 789. The lowest BCUT2D eigenvalue weighted by atomic mass is 9.91. The van der Waals surface area contributed by atoms with Gasteiger partial charge < -0.3 is 29.9 Å². The van der Waals surface area contributed by atoms with Crippen LogP contribution in [-0.2, 0) is 9.53 Å². The lowest BCUT2D eigenvalue weighted by Crippen LogP contribution is -2.46. The van der Waals surface area contributed by atoms with Crippen molar-refractivity contribution in [2.45, 2.75) is 36.4 Å². The lowest BCUT2D eigenvalue weighted by Gasteiger charge is -2.27. The van der Waals surface area contributed by atoms with Crippen molar-refractivity contribution in [3.8, 4) is 0 Å². The van der Waals surface area contributed by atoms with E-state index in [-0.39, 0.29) is 24.8 Å². The third-order valence-corrected chi connectivity index (χ3v) is 6.08. The van der Waals surface area contributed by atoms with E-state index in [1.165, 1.54) is 9.80 Å². The Labute approximate surface area is 158 Å². The van der Waals surface area contributed by atoms with E-state index in [1.54, 1.807) is 25.2 Å². The number of rotatable bonds is 1. The molecule has 2 amide bonds. The third-order valence-electron chi connectivity index (χ3n) is 5.59. The van der Waals surface area contributed by atoms with Gasteiger partial charge in [0, 0.05) is 17.9 Å². The summed E-state index contributed by atoms with van der Waals surface area (Å²) in [4.78, 5) is 28.9. The van der Waals surface area contributed by atoms with E-state index in [4.69, 9.17) is 4.74 Å². The predicted molar refractivity (Wildman–Crippen MR) is 93.7 cm³/mol. The van der Waals surface area contributed by atoms with Crippen LogP contribution >= 0.6 is 15.9 Å². The summed E-state index contributed by atoms with van der Waals surface area (Å²) in [7, 11) is 1.61. The minimum Gasteiger partial charge on any atom is -0.394 e. The first-order chi connectivity index (χ1) is 12.3. The van der Waals surface area contributed by atoms with Crippen LogP contribution in [0.25, 0.3) is 0 Å². The van der Waals surface area contributed by atoms with Gasteiger partial charge in [0.05, 0.1) is 24.4 Å². The maximum atomic E-state index is 13.1. The van der Waals surface area contributed by atoms with Crippen molar-refractivity contribution >= 4 is 33.4 Å². The van der Waals surface area contributed by atoms with Gasteiger partial charge in [0.2, 0.25) is 5.91 Å². The molecule has 5 atom stereocenters. The lowest BCUT2D eigenvalue weighted by molar-refractivity contribution is -0.122. The minimum atomic E-state index is -1.29. The highest BCUT2D eigenvalue weighted by Crippen LogP contribution is 2.44. The van der Waals surface area contributed by atoms with Gasteiger partial charge in [-0.05, 0) is 18.2 Å². The van der Waals surface area contributed by atoms with Crippen LogP contribution in [0.5, 0.6) is 0 Å². The Morgan fingerprint density at radius 1 is 1.35 bits per heavy atom. The number of halogens is 1. The van der Waals surface area contributed by atoms with Gasteiger partial charge >= 0.3 is 0 Å². The molecule has 3 N–H and O–H groups in total. The van der Waals surface area contributed by atoms with E-state index in [0.717, 1.165) is 0 Å². The monoisotopic (exact) mass is 426 g/mol. The average Bonchev–Trinajstić information content (AvgIpc) is 3.11. The highest BCUT2D eigenvalue weighted by molar-refractivity contribution is 9.10. The largest absolute Gasteiger partial charge is 0.394 e. The van der Waals surface area contributed by atoms with Gasteiger partial charge in [-0.3, -0.25) is 9.59 Å². The molecule has 0 aliphatic carbocycles. The van der Waals surface area contributed by atoms with Crippen LogP contribution < -0.4 is 4.90 Å². The van der Waals surface area contributed by atoms with Crippen LogP contribution in [0.1, 0.15) is 16.8 Å². The van der Waals surface area contributed by atoms with E-state index >= 15 is 0 Å². The summed E-state index contributed by atoms with van der Waals surface area (Å²) < 4.78 is 6.45. The maximum Gasteiger partial charge on any atom is 0.256 e. The second-order valence-electron chi connectivity index (χ2n) is 7.05. The zero-order valence-corrected chi connectivity index (χ0v) is 15.6. The number of carbonyl (C=O) groups is 2. The summed E-state index contributed by atoms with van der Waals surface area (Å²) in [5.74, 6) is -0.618. The summed E-state index contributed by atoms with van der Waals surface area (Å²) in [6.45, 7) is -0.487. The number of aliphatic hydroxyl groups excluding tert-OH is 3. The van der Waals surface area contributed by atoms with Crippen molar-refractivity contribution in [2.24, 2.45) is 0 Å². The fourth-order valence-electron chi connectivity index (χ4n) is 4.20. The summed E-state index contributed by atoms with van der Waals surface area (Å²) in [6.07, 6.45) is -3.45. The topological polar surface area (TPSA) is 111 Å². The molecule has 0 bridgehead atoms. The number of amides is 2. The van der Waals surface area contributed by atoms with E-state index in [2.05, 4.69) is 15.9 Å². The fraction of sp³-hybridized carbons (Fsp3) is 0.529. The second-order valence-corrected chi connectivity index (χ2v) is 7.97. The molecule has 0 radical (unpaired) electrons. The standard InChI is InChI=1S/C17H19BrN2O6/c1-19-10-3-2-8(18)4-9(10)15(24)20-7-17(5-11(20)16(19)25)14(23)13(22)12(6-21)26-17/h2-4,11-14,21-23H,5-7H2,1H3/t11-,12-,13-,14+,17+/m0/s1. The van der Waals surface area contributed by atoms with E-state index in [9.17, 15) is 24.9 Å². The molecule has 0 aromatic heterocycles. The van der Waals surface area contributed by atoms with E-state index in [0.29, 0.717) is 15.7 Å². The number of anilines is 1. The molecule has 9 heteroatoms. The van der Waals surface area contributed by atoms with Gasteiger partial charge in [-0.1, -0.05) is 15.9 Å². The molecule has 3 aliphatic rings. The van der Waals surface area contributed by atoms with Crippen molar-refractivity contribution in [1.29, 1.82) is 0 Å². The Kier molecular flexibility index (Phi) is 4.12. The van der Waals surface area contributed by atoms with Gasteiger partial charge in [0.15, 0.2) is 0 Å². The molecule has 0 saturated carbocycles. The molecule has 0 unspecified atom stereocenters.